The molecule has 3 amide bonds. The number of urea groups is 1. The summed E-state index contributed by atoms with van der Waals surface area (Å²) >= 11 is 1.38. The summed E-state index contributed by atoms with van der Waals surface area (Å²) in [5.74, 6) is -0.286. The lowest BCUT2D eigenvalue weighted by molar-refractivity contribution is -0.140. The highest BCUT2D eigenvalue weighted by Gasteiger charge is 2.43. The van der Waals surface area contributed by atoms with E-state index in [2.05, 4.69) is 9.72 Å². The highest BCUT2D eigenvalue weighted by atomic mass is 32.1. The molecule has 0 aliphatic carbocycles. The Morgan fingerprint density at radius 2 is 2.04 bits per heavy atom. The molecule has 0 N–H and O–H groups in total. The Morgan fingerprint density at radius 1 is 1.29 bits per heavy atom. The van der Waals surface area contributed by atoms with Crippen molar-refractivity contribution in [2.45, 2.75) is 45.3 Å². The second-order valence-corrected chi connectivity index (χ2v) is 8.70. The van der Waals surface area contributed by atoms with E-state index in [4.69, 9.17) is 4.74 Å². The fourth-order valence-electron chi connectivity index (χ4n) is 3.23. The zero-order valence-electron chi connectivity index (χ0n) is 16.6. The van der Waals surface area contributed by atoms with Crippen molar-refractivity contribution in [3.05, 3.63) is 11.1 Å². The van der Waals surface area contributed by atoms with Crippen molar-refractivity contribution in [2.24, 2.45) is 0 Å². The molecule has 154 valence electrons. The number of esters is 1. The van der Waals surface area contributed by atoms with Crippen LogP contribution in [-0.4, -0.2) is 77.8 Å². The van der Waals surface area contributed by atoms with Crippen molar-refractivity contribution in [3.63, 3.8) is 0 Å². The fourth-order valence-corrected chi connectivity index (χ4v) is 4.09. The summed E-state index contributed by atoms with van der Waals surface area (Å²) in [6.07, 6.45) is 0.384. The lowest BCUT2D eigenvalue weighted by Gasteiger charge is -2.36. The predicted octanol–water partition coefficient (Wildman–Crippen LogP) is 2.11. The fraction of sp³-hybridized carbons (Fsp3) is 0.667. The number of anilines is 1. The van der Waals surface area contributed by atoms with E-state index in [0.717, 1.165) is 5.69 Å². The third-order valence-corrected chi connectivity index (χ3v) is 5.50. The van der Waals surface area contributed by atoms with Gasteiger partial charge in [-0.1, -0.05) is 0 Å². The van der Waals surface area contributed by atoms with Gasteiger partial charge in [-0.15, -0.1) is 11.3 Å². The first-order chi connectivity index (χ1) is 13.2. The summed E-state index contributed by atoms with van der Waals surface area (Å²) in [5, 5.41) is 2.47. The van der Waals surface area contributed by atoms with Gasteiger partial charge in [-0.05, 0) is 20.8 Å². The maximum atomic E-state index is 12.8. The molecule has 1 aromatic rings. The number of methoxy groups -OCH3 is 1. The molecular formula is C18H26N4O5S. The molecule has 0 aromatic carbocycles. The molecule has 28 heavy (non-hydrogen) atoms. The van der Waals surface area contributed by atoms with E-state index >= 15 is 0 Å². The van der Waals surface area contributed by atoms with Gasteiger partial charge in [0.15, 0.2) is 5.13 Å². The van der Waals surface area contributed by atoms with Crippen LogP contribution in [0.25, 0.3) is 0 Å². The monoisotopic (exact) mass is 410 g/mol. The lowest BCUT2D eigenvalue weighted by Crippen LogP contribution is -2.54. The number of nitrogens with zero attached hydrogens (tertiary/aromatic N) is 4. The van der Waals surface area contributed by atoms with Gasteiger partial charge in [-0.2, -0.15) is 0 Å². The van der Waals surface area contributed by atoms with Crippen molar-refractivity contribution in [2.75, 3.05) is 38.2 Å². The van der Waals surface area contributed by atoms with Gasteiger partial charge in [0.2, 0.25) is 0 Å². The summed E-state index contributed by atoms with van der Waals surface area (Å²) < 4.78 is 10.1. The molecule has 0 saturated carbocycles. The highest BCUT2D eigenvalue weighted by molar-refractivity contribution is 7.14. The summed E-state index contributed by atoms with van der Waals surface area (Å²) in [6, 6.07) is -0.182. The van der Waals surface area contributed by atoms with Gasteiger partial charge in [0, 0.05) is 31.4 Å². The molecule has 1 aromatic heterocycles. The van der Waals surface area contributed by atoms with Crippen LogP contribution in [-0.2, 0) is 20.7 Å². The molecular weight excluding hydrogens is 384 g/mol. The summed E-state index contributed by atoms with van der Waals surface area (Å²) in [7, 11) is 1.36. The Balaban J connectivity index is 1.62. The number of hydrogen-bond donors (Lipinski definition) is 0. The van der Waals surface area contributed by atoms with Crippen LogP contribution < -0.4 is 4.90 Å². The molecule has 10 heteroatoms. The molecule has 2 saturated heterocycles. The number of aromatic nitrogens is 1. The lowest BCUT2D eigenvalue weighted by atomic mass is 10.2. The molecule has 0 bridgehead atoms. The largest absolute Gasteiger partial charge is 0.469 e. The number of amides is 3. The van der Waals surface area contributed by atoms with E-state index in [9.17, 15) is 14.4 Å². The van der Waals surface area contributed by atoms with Crippen LogP contribution in [0.4, 0.5) is 14.7 Å². The van der Waals surface area contributed by atoms with Gasteiger partial charge in [-0.3, -0.25) is 9.69 Å². The minimum Gasteiger partial charge on any atom is -0.469 e. The van der Waals surface area contributed by atoms with Gasteiger partial charge in [-0.25, -0.2) is 14.6 Å². The van der Waals surface area contributed by atoms with E-state index in [1.807, 2.05) is 26.2 Å². The van der Waals surface area contributed by atoms with Crippen molar-refractivity contribution in [1.82, 2.24) is 14.8 Å². The van der Waals surface area contributed by atoms with Gasteiger partial charge >= 0.3 is 18.1 Å². The number of piperazine rings is 1. The van der Waals surface area contributed by atoms with Gasteiger partial charge in [0.25, 0.3) is 0 Å². The second-order valence-electron chi connectivity index (χ2n) is 7.86. The Bertz CT molecular complexity index is 759. The van der Waals surface area contributed by atoms with E-state index < -0.39 is 5.60 Å². The number of rotatable bonds is 4. The normalized spacial score (nSPS) is 19.6. The number of aryl methyl sites for hydroxylation is 1. The van der Waals surface area contributed by atoms with Crippen molar-refractivity contribution in [1.29, 1.82) is 0 Å². The topological polar surface area (TPSA) is 92.3 Å². The molecule has 3 heterocycles. The third kappa shape index (κ3) is 4.54. The maximum absolute atomic E-state index is 12.8. The van der Waals surface area contributed by atoms with Crippen LogP contribution in [0, 0.1) is 0 Å². The Labute approximate surface area is 168 Å². The molecule has 2 fully saturated rings. The molecule has 2 aliphatic rings. The smallest absolute Gasteiger partial charge is 0.410 e. The quantitative estimate of drug-likeness (QED) is 0.706. The van der Waals surface area contributed by atoms with Gasteiger partial charge < -0.3 is 19.3 Å². The third-order valence-electron chi connectivity index (χ3n) is 4.59. The van der Waals surface area contributed by atoms with Crippen LogP contribution in [0.1, 0.15) is 32.9 Å². The molecule has 3 rings (SSSR count). The maximum Gasteiger partial charge on any atom is 0.410 e. The summed E-state index contributed by atoms with van der Waals surface area (Å²) in [5.41, 5.74) is 0.214. The van der Waals surface area contributed by atoms with E-state index in [1.165, 1.54) is 18.4 Å². The average molecular weight is 410 g/mol. The number of ether oxygens (including phenoxy) is 2. The van der Waals surface area contributed by atoms with Crippen molar-refractivity contribution in [3.8, 4) is 0 Å². The molecule has 1 unspecified atom stereocenters. The zero-order valence-corrected chi connectivity index (χ0v) is 17.5. The molecule has 0 spiro atoms. The van der Waals surface area contributed by atoms with Crippen molar-refractivity contribution >= 4 is 34.6 Å². The van der Waals surface area contributed by atoms with Gasteiger partial charge in [0.1, 0.15) is 5.60 Å². The van der Waals surface area contributed by atoms with Gasteiger partial charge in [0.05, 0.1) is 31.8 Å². The highest BCUT2D eigenvalue weighted by Crippen LogP contribution is 2.29. The molecule has 2 aliphatic heterocycles. The SMILES string of the molecule is COC(=O)CCc1csc(N2CC3CN(C(=O)OC(C)(C)C)CCN3C2=O)n1. The van der Waals surface area contributed by atoms with Crippen LogP contribution in [0.5, 0.6) is 0 Å². The van der Waals surface area contributed by atoms with Crippen LogP contribution in [0.2, 0.25) is 0 Å². The number of thiazole rings is 1. The number of hydrogen-bond acceptors (Lipinski definition) is 7. The van der Waals surface area contributed by atoms with Crippen LogP contribution >= 0.6 is 11.3 Å². The Kier molecular flexibility index (Phi) is 5.78. The van der Waals surface area contributed by atoms with E-state index in [0.29, 0.717) is 37.7 Å². The van der Waals surface area contributed by atoms with Crippen LogP contribution in [0.15, 0.2) is 5.38 Å². The van der Waals surface area contributed by atoms with Crippen molar-refractivity contribution < 1.29 is 23.9 Å². The number of fused-ring (bicyclic) bond motifs is 1. The Morgan fingerprint density at radius 3 is 2.71 bits per heavy atom. The average Bonchev–Trinajstić information content (AvgIpc) is 3.22. The zero-order chi connectivity index (χ0) is 20.5. The summed E-state index contributed by atoms with van der Waals surface area (Å²) in [6.45, 7) is 7.35. The second kappa shape index (κ2) is 7.94. The molecule has 9 nitrogen and oxygen atoms in total. The first-order valence-corrected chi connectivity index (χ1v) is 10.1. The number of carbonyl (C=O) groups excluding carboxylic acids is 3. The van der Waals surface area contributed by atoms with E-state index in [1.54, 1.807) is 14.7 Å². The molecule has 1 atom stereocenters. The van der Waals surface area contributed by atoms with Crippen LogP contribution in [0.3, 0.4) is 0 Å². The molecule has 0 radical (unpaired) electrons. The first-order valence-electron chi connectivity index (χ1n) is 9.25. The number of carbonyl (C=O) groups is 3. The standard InChI is InChI=1S/C18H26N4O5S/c1-18(2,3)27-17(25)20-7-8-21-13(9-20)10-22(16(21)24)15-19-12(11-28-15)5-6-14(23)26-4/h11,13H,5-10H2,1-4H3. The Hall–Kier alpha value is -2.36. The minimum absolute atomic E-state index is 0.0869. The first kappa shape index (κ1) is 20.4. The summed E-state index contributed by atoms with van der Waals surface area (Å²) in [4.78, 5) is 46.0. The van der Waals surface area contributed by atoms with E-state index in [-0.39, 0.29) is 30.6 Å². The minimum atomic E-state index is -0.548. The predicted molar refractivity (Wildman–Crippen MR) is 103 cm³/mol.